The maximum atomic E-state index is 17.0. The SMILES string of the molecule is Cc1cc(C=Cc2ccc(OCCCC(=O)NC(CCCC[N+](C)(C)C)C(=O)NCCN(C)CCCCCC(=O)On3c(O)ccc3O)cc2)n2c1C=C1C(CCCSOOO)=CC(c3cccs3)=[N+]1[B-]2(F)F. The number of aromatic nitrogens is 2. The molecule has 2 aliphatic rings. The molecule has 0 fully saturated rings. The highest BCUT2D eigenvalue weighted by atomic mass is 32.2. The summed E-state index contributed by atoms with van der Waals surface area (Å²) in [5, 5.41) is 39.2. The summed E-state index contributed by atoms with van der Waals surface area (Å²) in [6.45, 7) is 0.509. The van der Waals surface area contributed by atoms with Crippen molar-refractivity contribution < 1.29 is 66.4 Å². The van der Waals surface area contributed by atoms with Crippen LogP contribution in [0.5, 0.6) is 17.5 Å². The van der Waals surface area contributed by atoms with E-state index >= 15 is 8.63 Å². The van der Waals surface area contributed by atoms with Crippen LogP contribution in [0.2, 0.25) is 0 Å². The Kier molecular flexibility index (Phi) is 20.9. The monoisotopic (exact) mass is 1050 g/mol. The van der Waals surface area contributed by atoms with Crippen molar-refractivity contribution in [2.75, 3.05) is 66.7 Å². The van der Waals surface area contributed by atoms with Gasteiger partial charge in [-0.25, -0.2) is 10.1 Å². The smallest absolute Gasteiger partial charge is 0.494 e. The number of unbranched alkanes of at least 4 members (excludes halogenated alkanes) is 3. The molecule has 2 amide bonds. The van der Waals surface area contributed by atoms with E-state index in [1.165, 1.54) is 28.0 Å². The molecule has 3 aromatic heterocycles. The van der Waals surface area contributed by atoms with Crippen LogP contribution in [0.4, 0.5) is 8.63 Å². The number of hydrogen-bond donors (Lipinski definition) is 5. The van der Waals surface area contributed by atoms with Gasteiger partial charge >= 0.3 is 12.9 Å². The number of rotatable bonds is 31. The largest absolute Gasteiger partial charge is 0.737 e. The number of carbonyl (C=O) groups excluding carboxylic acids is 3. The molecule has 5 heterocycles. The number of aromatic hydroxyl groups is 2. The molecule has 73 heavy (non-hydrogen) atoms. The Hall–Kier alpha value is -5.75. The van der Waals surface area contributed by atoms with Crippen LogP contribution in [0.1, 0.15) is 98.0 Å². The van der Waals surface area contributed by atoms with E-state index in [9.17, 15) is 24.6 Å². The number of likely N-dealkylation sites (N-methyl/N-ethyl adjacent to an activating group) is 1. The van der Waals surface area contributed by atoms with Crippen LogP contribution >= 0.6 is 23.4 Å². The molecule has 1 unspecified atom stereocenters. The Bertz CT molecular complexity index is 2590. The molecule has 2 aliphatic heterocycles. The van der Waals surface area contributed by atoms with Gasteiger partial charge in [0.15, 0.2) is 11.4 Å². The van der Waals surface area contributed by atoms with Gasteiger partial charge in [0.1, 0.15) is 11.8 Å². The normalized spacial score (nSPS) is 14.5. The van der Waals surface area contributed by atoms with Gasteiger partial charge in [-0.15, -0.1) is 20.4 Å². The van der Waals surface area contributed by atoms with Crippen LogP contribution in [0.15, 0.2) is 77.3 Å². The summed E-state index contributed by atoms with van der Waals surface area (Å²) >= 11 is 2.35. The van der Waals surface area contributed by atoms with E-state index < -0.39 is 19.0 Å². The van der Waals surface area contributed by atoms with Crippen molar-refractivity contribution in [3.63, 3.8) is 0 Å². The molecule has 4 aromatic rings. The number of fused-ring (bicyclic) bond motifs is 2. The predicted molar refractivity (Wildman–Crippen MR) is 281 cm³/mol. The summed E-state index contributed by atoms with van der Waals surface area (Å²) in [5.74, 6) is -0.669. The van der Waals surface area contributed by atoms with E-state index in [2.05, 4.69) is 46.0 Å². The summed E-state index contributed by atoms with van der Waals surface area (Å²) in [4.78, 5) is 46.4. The summed E-state index contributed by atoms with van der Waals surface area (Å²) in [7, 11) is 8.30. The minimum Gasteiger partial charge on any atom is -0.494 e. The van der Waals surface area contributed by atoms with E-state index in [0.29, 0.717) is 84.2 Å². The van der Waals surface area contributed by atoms with E-state index in [4.69, 9.17) is 14.8 Å². The number of hydrogen-bond acceptors (Lipinski definition) is 13. The minimum absolute atomic E-state index is 0.132. The first-order valence-electron chi connectivity index (χ1n) is 24.7. The van der Waals surface area contributed by atoms with Crippen molar-refractivity contribution in [3.8, 4) is 17.5 Å². The molecule has 0 aliphatic carbocycles. The lowest BCUT2D eigenvalue weighted by molar-refractivity contribution is -0.870. The lowest BCUT2D eigenvalue weighted by Gasteiger charge is -2.31. The number of halogens is 2. The lowest BCUT2D eigenvalue weighted by atomic mass is 9.88. The fraction of sp³-hybridized carbons (Fsp3) is 0.451. The average molecular weight is 1050 g/mol. The Labute approximate surface area is 434 Å². The maximum Gasteiger partial charge on any atom is 0.737 e. The number of nitrogens with one attached hydrogen (secondary N) is 2. The Morgan fingerprint density at radius 2 is 1.71 bits per heavy atom. The Balaban J connectivity index is 0.952. The van der Waals surface area contributed by atoms with Gasteiger partial charge in [0, 0.05) is 85.0 Å². The third kappa shape index (κ3) is 16.4. The number of ether oxygens (including phenoxy) is 1. The van der Waals surface area contributed by atoms with Crippen molar-refractivity contribution >= 4 is 72.1 Å². The predicted octanol–water partition coefficient (Wildman–Crippen LogP) is 7.89. The molecule has 0 bridgehead atoms. The standard InChI is InChI=1S/C51H68BF2N7O10S2/c1-37-34-40(58-43(37)36-44-39(14-12-33-73-71-70-67)35-45(46-16-13-32-72-46)59(44)52(58,53)54)22-19-38-20-23-41(24-21-38)68-31-11-17-47(62)56-42(15-8-10-30-61(3,4)5)51(66)55-27-29-57(2)28-9-6-7-18-50(65)69-60-48(63)25-26-49(60)64/h13,16,19-26,32,34-36,42H,6-12,14-15,17-18,27-31,33H2,1-5H3,(H4-,55,56,62,63,64,66,67)/p+1. The van der Waals surface area contributed by atoms with Gasteiger partial charge < -0.3 is 57.4 Å². The number of quaternary nitrogens is 1. The highest BCUT2D eigenvalue weighted by Gasteiger charge is 2.54. The second-order valence-electron chi connectivity index (χ2n) is 19.3. The molecule has 0 spiro atoms. The van der Waals surface area contributed by atoms with Crippen molar-refractivity contribution in [2.24, 2.45) is 0 Å². The first kappa shape index (κ1) is 56.5. The lowest BCUT2D eigenvalue weighted by Crippen LogP contribution is -2.51. The fourth-order valence-electron chi connectivity index (χ4n) is 8.70. The molecule has 0 saturated heterocycles. The summed E-state index contributed by atoms with van der Waals surface area (Å²) in [5.41, 5.74) is 4.09. The van der Waals surface area contributed by atoms with Gasteiger partial charge in [0.2, 0.25) is 23.6 Å². The topological polar surface area (TPSA) is 189 Å². The average Bonchev–Trinajstić information content (AvgIpc) is 4.15. The molecular formula is C51H69BF2N7O10S2+. The zero-order valence-corrected chi connectivity index (χ0v) is 43.9. The van der Waals surface area contributed by atoms with Crippen LogP contribution < -0.4 is 20.2 Å². The quantitative estimate of drug-likeness (QED) is 0.00820. The number of thiophene rings is 1. The van der Waals surface area contributed by atoms with Crippen molar-refractivity contribution in [2.45, 2.75) is 83.6 Å². The van der Waals surface area contributed by atoms with Crippen LogP contribution in [-0.2, 0) is 23.8 Å². The summed E-state index contributed by atoms with van der Waals surface area (Å²) in [6, 6.07) is 14.5. The van der Waals surface area contributed by atoms with Crippen LogP contribution in [0.25, 0.3) is 18.2 Å². The van der Waals surface area contributed by atoms with E-state index in [0.717, 1.165) is 81.4 Å². The van der Waals surface area contributed by atoms with Gasteiger partial charge in [-0.3, -0.25) is 9.59 Å². The number of aryl methyl sites for hydroxylation is 1. The maximum absolute atomic E-state index is 17.0. The molecule has 1 atom stereocenters. The summed E-state index contributed by atoms with van der Waals surface area (Å²) in [6.07, 6.45) is 13.4. The highest BCUT2D eigenvalue weighted by molar-refractivity contribution is 7.94. The van der Waals surface area contributed by atoms with Crippen LogP contribution in [0, 0.1) is 6.92 Å². The Morgan fingerprint density at radius 1 is 0.945 bits per heavy atom. The van der Waals surface area contributed by atoms with Crippen LogP contribution in [0.3, 0.4) is 0 Å². The van der Waals surface area contributed by atoms with Gasteiger partial charge in [-0.1, -0.05) is 35.7 Å². The second kappa shape index (κ2) is 27.0. The molecule has 5 N–H and O–H groups in total. The minimum atomic E-state index is -4.28. The zero-order valence-electron chi connectivity index (χ0n) is 42.3. The molecule has 396 valence electrons. The Morgan fingerprint density at radius 3 is 2.42 bits per heavy atom. The van der Waals surface area contributed by atoms with Crippen molar-refractivity contribution in [1.29, 1.82) is 0 Å². The van der Waals surface area contributed by atoms with E-state index in [1.807, 2.05) is 55.8 Å². The molecule has 0 radical (unpaired) electrons. The number of amides is 2. The molecule has 1 aromatic carbocycles. The molecule has 22 heteroatoms. The zero-order chi connectivity index (χ0) is 52.5. The van der Waals surface area contributed by atoms with Gasteiger partial charge in [0.05, 0.1) is 39.2 Å². The number of benzene rings is 1. The van der Waals surface area contributed by atoms with E-state index in [-0.39, 0.29) is 43.0 Å². The molecule has 17 nitrogen and oxygen atoms in total. The van der Waals surface area contributed by atoms with Gasteiger partial charge in [-0.2, -0.15) is 0 Å². The summed E-state index contributed by atoms with van der Waals surface area (Å²) < 4.78 is 48.2. The van der Waals surface area contributed by atoms with Crippen molar-refractivity contribution in [1.82, 2.24) is 24.7 Å². The van der Waals surface area contributed by atoms with E-state index in [1.54, 1.807) is 30.4 Å². The molecule has 0 saturated carbocycles. The highest BCUT2D eigenvalue weighted by Crippen LogP contribution is 2.40. The molecular weight excluding hydrogens is 984 g/mol. The van der Waals surface area contributed by atoms with Gasteiger partial charge in [0.25, 0.3) is 0 Å². The number of allylic oxidation sites excluding steroid dienone is 2. The fourth-order valence-corrected chi connectivity index (χ4v) is 9.82. The van der Waals surface area contributed by atoms with Gasteiger partial charge in [-0.05, 0) is 119 Å². The first-order chi connectivity index (χ1) is 34.9. The number of nitrogens with zero attached hydrogens (tertiary/aromatic N) is 5. The third-order valence-electron chi connectivity index (χ3n) is 12.5. The molecule has 6 rings (SSSR count). The number of carbonyl (C=O) groups is 3. The van der Waals surface area contributed by atoms with Crippen molar-refractivity contribution in [3.05, 3.63) is 105 Å². The third-order valence-corrected chi connectivity index (χ3v) is 14.0. The van der Waals surface area contributed by atoms with Crippen LogP contribution in [-0.4, -0.2) is 142 Å². The first-order valence-corrected chi connectivity index (χ1v) is 26.5. The second-order valence-corrected chi connectivity index (χ2v) is 21.0.